The number of unbranched alkanes of at least 4 members (excludes halogenated alkanes) is 1. The lowest BCUT2D eigenvalue weighted by Gasteiger charge is -2.10. The van der Waals surface area contributed by atoms with Crippen LogP contribution in [-0.4, -0.2) is 29.2 Å². The van der Waals surface area contributed by atoms with Gasteiger partial charge < -0.3 is 14.6 Å². The number of aryl methyl sites for hydroxylation is 2. The number of carbonyl (C=O) groups excluding carboxylic acids is 1. The van der Waals surface area contributed by atoms with Crippen molar-refractivity contribution < 1.29 is 14.1 Å². The fraction of sp³-hybridized carbons (Fsp3) is 0.318. The quantitative estimate of drug-likeness (QED) is 0.389. The summed E-state index contributed by atoms with van der Waals surface area (Å²) in [7, 11) is 0. The van der Waals surface area contributed by atoms with Crippen LogP contribution in [0.4, 0.5) is 0 Å². The van der Waals surface area contributed by atoms with Crippen LogP contribution in [0.5, 0.6) is 5.75 Å². The Hall–Kier alpha value is -2.80. The maximum absolute atomic E-state index is 12.6. The Balaban J connectivity index is 1.40. The van der Waals surface area contributed by atoms with Crippen LogP contribution in [0.1, 0.15) is 40.5 Å². The molecule has 1 heterocycles. The van der Waals surface area contributed by atoms with Gasteiger partial charge in [0.25, 0.3) is 5.91 Å². The molecule has 29 heavy (non-hydrogen) atoms. The van der Waals surface area contributed by atoms with Gasteiger partial charge in [-0.25, -0.2) is 0 Å². The van der Waals surface area contributed by atoms with Gasteiger partial charge in [-0.05, 0) is 44.0 Å². The summed E-state index contributed by atoms with van der Waals surface area (Å²) in [6.45, 7) is 5.05. The molecule has 0 bridgehead atoms. The zero-order valence-corrected chi connectivity index (χ0v) is 17.5. The molecule has 2 aromatic carbocycles. The summed E-state index contributed by atoms with van der Waals surface area (Å²) in [6, 6.07) is 15.6. The van der Waals surface area contributed by atoms with Crippen LogP contribution in [0.3, 0.4) is 0 Å². The number of hydrogen-bond acceptors (Lipinski definition) is 6. The largest absolute Gasteiger partial charge is 0.494 e. The first-order chi connectivity index (χ1) is 14.1. The van der Waals surface area contributed by atoms with E-state index in [-0.39, 0.29) is 5.91 Å². The Bertz CT molecular complexity index is 925. The lowest BCUT2D eigenvalue weighted by atomic mass is 10.2. The Labute approximate surface area is 175 Å². The number of thioether (sulfide) groups is 1. The molecular formula is C22H25N3O3S. The molecular weight excluding hydrogens is 386 g/mol. The van der Waals surface area contributed by atoms with Gasteiger partial charge in [0.1, 0.15) is 5.75 Å². The number of hydrogen-bond donors (Lipinski definition) is 1. The molecule has 0 atom stereocenters. The van der Waals surface area contributed by atoms with Crippen LogP contribution in [0.15, 0.2) is 57.9 Å². The minimum atomic E-state index is -0.0724. The van der Waals surface area contributed by atoms with Gasteiger partial charge in [0, 0.05) is 18.4 Å². The molecule has 3 aromatic rings. The zero-order chi connectivity index (χ0) is 20.5. The van der Waals surface area contributed by atoms with Gasteiger partial charge in [-0.3, -0.25) is 4.79 Å². The molecule has 0 spiro atoms. The number of aromatic nitrogens is 2. The molecule has 0 aliphatic heterocycles. The van der Waals surface area contributed by atoms with Gasteiger partial charge in [-0.1, -0.05) is 35.0 Å². The molecule has 6 nitrogen and oxygen atoms in total. The van der Waals surface area contributed by atoms with Gasteiger partial charge in [0.2, 0.25) is 5.89 Å². The normalized spacial score (nSPS) is 10.7. The maximum atomic E-state index is 12.6. The lowest BCUT2D eigenvalue weighted by molar-refractivity contribution is 0.0949. The summed E-state index contributed by atoms with van der Waals surface area (Å²) in [5.74, 6) is 2.52. The lowest BCUT2D eigenvalue weighted by Crippen LogP contribution is -2.25. The van der Waals surface area contributed by atoms with Gasteiger partial charge >= 0.3 is 0 Å². The van der Waals surface area contributed by atoms with Crippen molar-refractivity contribution >= 4 is 17.7 Å². The predicted molar refractivity (Wildman–Crippen MR) is 113 cm³/mol. The molecule has 1 amide bonds. The van der Waals surface area contributed by atoms with Crippen LogP contribution in [-0.2, 0) is 5.75 Å². The second-order valence-corrected chi connectivity index (χ2v) is 7.66. The Morgan fingerprint density at radius 2 is 1.90 bits per heavy atom. The highest BCUT2D eigenvalue weighted by molar-refractivity contribution is 7.98. The summed E-state index contributed by atoms with van der Waals surface area (Å²) in [6.07, 6.45) is 1.73. The van der Waals surface area contributed by atoms with Crippen molar-refractivity contribution in [3.05, 3.63) is 71.4 Å². The molecule has 0 radical (unpaired) electrons. The first kappa shape index (κ1) is 20.9. The predicted octanol–water partition coefficient (Wildman–Crippen LogP) is 4.57. The second kappa shape index (κ2) is 10.7. The topological polar surface area (TPSA) is 77.2 Å². The Kier molecular flexibility index (Phi) is 7.69. The van der Waals surface area contributed by atoms with Crippen LogP contribution < -0.4 is 10.1 Å². The summed E-state index contributed by atoms with van der Waals surface area (Å²) in [5, 5.41) is 6.88. The van der Waals surface area contributed by atoms with E-state index in [4.69, 9.17) is 9.26 Å². The van der Waals surface area contributed by atoms with Crippen LogP contribution in [0.2, 0.25) is 0 Å². The number of amides is 1. The summed E-state index contributed by atoms with van der Waals surface area (Å²) >= 11 is 1.52. The van der Waals surface area contributed by atoms with Crippen LogP contribution in [0.25, 0.3) is 0 Å². The van der Waals surface area contributed by atoms with E-state index in [1.165, 1.54) is 17.3 Å². The van der Waals surface area contributed by atoms with Gasteiger partial charge in [0.05, 0.1) is 17.9 Å². The second-order valence-electron chi connectivity index (χ2n) is 6.64. The molecule has 152 valence electrons. The number of rotatable bonds is 10. The third-order valence-corrected chi connectivity index (χ3v) is 5.27. The van der Waals surface area contributed by atoms with E-state index in [0.29, 0.717) is 36.2 Å². The Morgan fingerprint density at radius 1 is 1.10 bits per heavy atom. The number of ether oxygens (including phenoxy) is 1. The summed E-state index contributed by atoms with van der Waals surface area (Å²) < 4.78 is 10.7. The number of benzene rings is 2. The summed E-state index contributed by atoms with van der Waals surface area (Å²) in [4.78, 5) is 17.7. The SMILES string of the molecule is Cc1ccc(OCCCCNC(=O)c2ccccc2SCc2noc(C)n2)cc1. The fourth-order valence-corrected chi connectivity index (χ4v) is 3.56. The first-order valence-corrected chi connectivity index (χ1v) is 10.6. The van der Waals surface area contributed by atoms with Crippen molar-refractivity contribution in [1.82, 2.24) is 15.5 Å². The van der Waals surface area contributed by atoms with E-state index in [1.54, 1.807) is 6.92 Å². The maximum Gasteiger partial charge on any atom is 0.252 e. The highest BCUT2D eigenvalue weighted by Gasteiger charge is 2.12. The molecule has 0 fully saturated rings. The fourth-order valence-electron chi connectivity index (χ4n) is 2.67. The monoisotopic (exact) mass is 411 g/mol. The first-order valence-electron chi connectivity index (χ1n) is 9.60. The van der Waals surface area contributed by atoms with E-state index in [0.717, 1.165) is 23.5 Å². The zero-order valence-electron chi connectivity index (χ0n) is 16.7. The van der Waals surface area contributed by atoms with Crippen molar-refractivity contribution in [3.8, 4) is 5.75 Å². The number of nitrogens with one attached hydrogen (secondary N) is 1. The molecule has 7 heteroatoms. The average molecular weight is 412 g/mol. The number of carbonyl (C=O) groups is 1. The van der Waals surface area contributed by atoms with Crippen LogP contribution >= 0.6 is 11.8 Å². The number of nitrogens with zero attached hydrogens (tertiary/aromatic N) is 2. The average Bonchev–Trinajstić information content (AvgIpc) is 3.15. The van der Waals surface area contributed by atoms with E-state index in [2.05, 4.69) is 22.4 Å². The van der Waals surface area contributed by atoms with Crippen molar-refractivity contribution in [2.24, 2.45) is 0 Å². The highest BCUT2D eigenvalue weighted by Crippen LogP contribution is 2.25. The molecule has 0 saturated heterocycles. The molecule has 1 N–H and O–H groups in total. The van der Waals surface area contributed by atoms with E-state index in [9.17, 15) is 4.79 Å². The molecule has 0 aliphatic carbocycles. The molecule has 0 unspecified atom stereocenters. The molecule has 1 aromatic heterocycles. The van der Waals surface area contributed by atoms with E-state index < -0.39 is 0 Å². The van der Waals surface area contributed by atoms with Crippen LogP contribution in [0, 0.1) is 13.8 Å². The molecule has 0 aliphatic rings. The van der Waals surface area contributed by atoms with Crippen molar-refractivity contribution in [2.75, 3.05) is 13.2 Å². The van der Waals surface area contributed by atoms with Crippen molar-refractivity contribution in [1.29, 1.82) is 0 Å². The van der Waals surface area contributed by atoms with Gasteiger partial charge in [-0.15, -0.1) is 11.8 Å². The van der Waals surface area contributed by atoms with Crippen molar-refractivity contribution in [3.63, 3.8) is 0 Å². The minimum absolute atomic E-state index is 0.0724. The molecule has 3 rings (SSSR count). The minimum Gasteiger partial charge on any atom is -0.494 e. The molecule has 0 saturated carbocycles. The summed E-state index contributed by atoms with van der Waals surface area (Å²) in [5.41, 5.74) is 1.87. The van der Waals surface area contributed by atoms with E-state index >= 15 is 0 Å². The third-order valence-electron chi connectivity index (χ3n) is 4.20. The third kappa shape index (κ3) is 6.64. The van der Waals surface area contributed by atoms with E-state index in [1.807, 2.05) is 48.5 Å². The van der Waals surface area contributed by atoms with Crippen molar-refractivity contribution in [2.45, 2.75) is 37.3 Å². The highest BCUT2D eigenvalue weighted by atomic mass is 32.2. The Morgan fingerprint density at radius 3 is 2.66 bits per heavy atom. The van der Waals surface area contributed by atoms with Gasteiger partial charge in [0.15, 0.2) is 5.82 Å². The van der Waals surface area contributed by atoms with Gasteiger partial charge in [-0.2, -0.15) is 4.98 Å². The standard InChI is InChI=1S/C22H25N3O3S/c1-16-9-11-18(12-10-16)27-14-6-5-13-23-22(26)19-7-3-4-8-20(19)29-15-21-24-17(2)28-25-21/h3-4,7-12H,5-6,13-15H2,1-2H3,(H,23,26). The smallest absolute Gasteiger partial charge is 0.252 e.